The van der Waals surface area contributed by atoms with Gasteiger partial charge in [-0.3, -0.25) is 0 Å². The van der Waals surface area contributed by atoms with Gasteiger partial charge in [0.2, 0.25) is 0 Å². The largest absolute Gasteiger partial charge is 0.396 e. The van der Waals surface area contributed by atoms with Crippen LogP contribution in [0.15, 0.2) is 22.9 Å². The lowest BCUT2D eigenvalue weighted by Gasteiger charge is -2.11. The van der Waals surface area contributed by atoms with E-state index in [1.807, 2.05) is 12.1 Å². The maximum Gasteiger partial charge on any atom is 0.110 e. The van der Waals surface area contributed by atoms with Gasteiger partial charge < -0.3 is 10.8 Å². The van der Waals surface area contributed by atoms with Crippen molar-refractivity contribution in [1.82, 2.24) is 4.98 Å². The highest BCUT2D eigenvalue weighted by molar-refractivity contribution is 9.10. The smallest absolute Gasteiger partial charge is 0.110 e. The lowest BCUT2D eigenvalue weighted by atomic mass is 10.1. The van der Waals surface area contributed by atoms with Crippen LogP contribution in [0.1, 0.15) is 24.4 Å². The van der Waals surface area contributed by atoms with Crippen molar-refractivity contribution in [1.29, 1.82) is 0 Å². The van der Waals surface area contributed by atoms with Crippen LogP contribution < -0.4 is 5.73 Å². The molecule has 0 saturated carbocycles. The van der Waals surface area contributed by atoms with Crippen molar-refractivity contribution in [2.45, 2.75) is 18.9 Å². The van der Waals surface area contributed by atoms with E-state index in [0.717, 1.165) is 23.0 Å². The summed E-state index contributed by atoms with van der Waals surface area (Å²) in [6.07, 6.45) is 3.22. The second-order valence-corrected chi connectivity index (χ2v) is 3.61. The highest BCUT2D eigenvalue weighted by Gasteiger charge is 2.08. The zero-order valence-corrected chi connectivity index (χ0v) is 8.87. The van der Waals surface area contributed by atoms with Gasteiger partial charge in [-0.05, 0) is 34.8 Å². The van der Waals surface area contributed by atoms with Crippen LogP contribution in [0, 0.1) is 0 Å². The molecule has 13 heavy (non-hydrogen) atoms. The fourth-order valence-electron chi connectivity index (χ4n) is 1.14. The molecule has 4 heteroatoms. The minimum Gasteiger partial charge on any atom is -0.396 e. The van der Waals surface area contributed by atoms with Crippen molar-refractivity contribution >= 4 is 15.9 Å². The zero-order chi connectivity index (χ0) is 9.68. The van der Waals surface area contributed by atoms with E-state index < -0.39 is 0 Å². The number of rotatable bonds is 4. The van der Waals surface area contributed by atoms with Crippen molar-refractivity contribution in [2.24, 2.45) is 5.73 Å². The quantitative estimate of drug-likeness (QED) is 0.792. The van der Waals surface area contributed by atoms with Gasteiger partial charge in [0.1, 0.15) is 4.60 Å². The predicted octanol–water partition coefficient (Wildman–Crippen LogP) is 1.62. The Hall–Kier alpha value is -0.450. The Morgan fingerprint density at radius 3 is 3.00 bits per heavy atom. The van der Waals surface area contributed by atoms with Crippen LogP contribution in [0.5, 0.6) is 0 Å². The molecule has 0 aliphatic carbocycles. The van der Waals surface area contributed by atoms with Crippen LogP contribution in [0.2, 0.25) is 0 Å². The van der Waals surface area contributed by atoms with Crippen LogP contribution in [0.25, 0.3) is 0 Å². The first-order valence-corrected chi connectivity index (χ1v) is 5.02. The number of aromatic nitrogens is 1. The summed E-state index contributed by atoms with van der Waals surface area (Å²) in [6, 6.07) is 3.76. The molecule has 0 spiro atoms. The molecule has 1 atom stereocenters. The van der Waals surface area contributed by atoms with Crippen molar-refractivity contribution < 1.29 is 5.11 Å². The Kier molecular flexibility index (Phi) is 4.35. The van der Waals surface area contributed by atoms with E-state index in [4.69, 9.17) is 10.8 Å². The van der Waals surface area contributed by atoms with Gasteiger partial charge in [-0.2, -0.15) is 0 Å². The molecule has 1 heterocycles. The summed E-state index contributed by atoms with van der Waals surface area (Å²) in [4.78, 5) is 4.08. The summed E-state index contributed by atoms with van der Waals surface area (Å²) in [5.41, 5.74) is 6.90. The van der Waals surface area contributed by atoms with Gasteiger partial charge >= 0.3 is 0 Å². The van der Waals surface area contributed by atoms with Crippen LogP contribution in [0.3, 0.4) is 0 Å². The van der Waals surface area contributed by atoms with Crippen molar-refractivity contribution in [2.75, 3.05) is 6.61 Å². The molecule has 1 aromatic rings. The molecule has 3 nitrogen and oxygen atoms in total. The fourth-order valence-corrected chi connectivity index (χ4v) is 1.69. The number of aliphatic hydroxyl groups is 1. The monoisotopic (exact) mass is 244 g/mol. The molecule has 0 bridgehead atoms. The van der Waals surface area contributed by atoms with E-state index in [9.17, 15) is 0 Å². The Labute approximate surface area is 86.1 Å². The lowest BCUT2D eigenvalue weighted by Crippen LogP contribution is -2.11. The van der Waals surface area contributed by atoms with Gasteiger partial charge in [0.25, 0.3) is 0 Å². The van der Waals surface area contributed by atoms with Crippen molar-refractivity contribution in [3.63, 3.8) is 0 Å². The number of hydrogen-bond acceptors (Lipinski definition) is 3. The van der Waals surface area contributed by atoms with Gasteiger partial charge in [0, 0.05) is 24.4 Å². The number of aliphatic hydroxyl groups excluding tert-OH is 1. The molecule has 0 radical (unpaired) electrons. The summed E-state index contributed by atoms with van der Waals surface area (Å²) in [7, 11) is 0. The predicted molar refractivity (Wildman–Crippen MR) is 55.2 cm³/mol. The summed E-state index contributed by atoms with van der Waals surface area (Å²) in [5, 5.41) is 8.65. The third-order valence-electron chi connectivity index (χ3n) is 1.86. The number of nitrogens with two attached hydrogens (primary N) is 1. The lowest BCUT2D eigenvalue weighted by molar-refractivity contribution is 0.280. The van der Waals surface area contributed by atoms with Crippen LogP contribution in [-0.2, 0) is 0 Å². The first-order chi connectivity index (χ1) is 6.25. The molecule has 1 rings (SSSR count). The molecule has 3 N–H and O–H groups in total. The molecule has 0 aliphatic heterocycles. The summed E-state index contributed by atoms with van der Waals surface area (Å²) in [5.74, 6) is 0. The van der Waals surface area contributed by atoms with Gasteiger partial charge in [-0.15, -0.1) is 0 Å². The summed E-state index contributed by atoms with van der Waals surface area (Å²) < 4.78 is 0.792. The molecule has 1 aromatic heterocycles. The highest BCUT2D eigenvalue weighted by Crippen LogP contribution is 2.22. The zero-order valence-electron chi connectivity index (χ0n) is 7.28. The van der Waals surface area contributed by atoms with Gasteiger partial charge in [0.15, 0.2) is 0 Å². The van der Waals surface area contributed by atoms with E-state index in [2.05, 4.69) is 20.9 Å². The molecule has 0 aliphatic rings. The highest BCUT2D eigenvalue weighted by atomic mass is 79.9. The number of pyridine rings is 1. The molecular formula is C9H13BrN2O. The van der Waals surface area contributed by atoms with Crippen LogP contribution >= 0.6 is 15.9 Å². The van der Waals surface area contributed by atoms with E-state index in [-0.39, 0.29) is 12.6 Å². The van der Waals surface area contributed by atoms with Gasteiger partial charge in [0.05, 0.1) is 0 Å². The first-order valence-electron chi connectivity index (χ1n) is 4.22. The normalized spacial score (nSPS) is 12.8. The summed E-state index contributed by atoms with van der Waals surface area (Å²) >= 11 is 3.34. The minimum absolute atomic E-state index is 0.0461. The number of nitrogens with zero attached hydrogens (tertiary/aromatic N) is 1. The maximum atomic E-state index is 8.65. The number of hydrogen-bond donors (Lipinski definition) is 2. The van der Waals surface area contributed by atoms with Crippen LogP contribution in [-0.4, -0.2) is 16.7 Å². The Bertz CT molecular complexity index is 268. The molecule has 0 fully saturated rings. The van der Waals surface area contributed by atoms with Gasteiger partial charge in [-0.1, -0.05) is 6.07 Å². The molecule has 0 aromatic carbocycles. The second kappa shape index (κ2) is 5.32. The van der Waals surface area contributed by atoms with E-state index in [0.29, 0.717) is 0 Å². The van der Waals surface area contributed by atoms with E-state index >= 15 is 0 Å². The Morgan fingerprint density at radius 2 is 2.38 bits per heavy atom. The van der Waals surface area contributed by atoms with Crippen molar-refractivity contribution in [3.05, 3.63) is 28.5 Å². The molecule has 72 valence electrons. The Morgan fingerprint density at radius 1 is 1.62 bits per heavy atom. The molecule has 0 saturated heterocycles. The maximum absolute atomic E-state index is 8.65. The van der Waals surface area contributed by atoms with E-state index in [1.165, 1.54) is 0 Å². The third-order valence-corrected chi connectivity index (χ3v) is 2.52. The first kappa shape index (κ1) is 10.6. The molecular weight excluding hydrogens is 232 g/mol. The number of halogens is 1. The SMILES string of the molecule is N[C@H](CCCO)c1cccnc1Br. The topological polar surface area (TPSA) is 59.1 Å². The minimum atomic E-state index is -0.0461. The van der Waals surface area contributed by atoms with Crippen molar-refractivity contribution in [3.8, 4) is 0 Å². The van der Waals surface area contributed by atoms with Gasteiger partial charge in [-0.25, -0.2) is 4.98 Å². The van der Waals surface area contributed by atoms with Crippen LogP contribution in [0.4, 0.5) is 0 Å². The fraction of sp³-hybridized carbons (Fsp3) is 0.444. The molecule has 0 amide bonds. The van der Waals surface area contributed by atoms with E-state index in [1.54, 1.807) is 6.20 Å². The summed E-state index contributed by atoms with van der Waals surface area (Å²) in [6.45, 7) is 0.186. The average Bonchev–Trinajstić information content (AvgIpc) is 2.15. The molecule has 0 unspecified atom stereocenters. The average molecular weight is 245 g/mol. The third kappa shape index (κ3) is 3.06. The Balaban J connectivity index is 2.65. The second-order valence-electron chi connectivity index (χ2n) is 2.86. The standard InChI is InChI=1S/C9H13BrN2O/c10-9-7(3-1-5-12-9)8(11)4-2-6-13/h1,3,5,8,13H,2,4,6,11H2/t8-/m1/s1.